The number of carbonyl (C=O) groups excluding carboxylic acids is 4. The molecule has 1 aliphatic carbocycles. The van der Waals surface area contributed by atoms with E-state index in [0.29, 0.717) is 52.2 Å². The molecule has 270 valence electrons. The molecule has 1 spiro atoms. The number of amides is 2. The summed E-state index contributed by atoms with van der Waals surface area (Å²) in [5.74, 6) is -2.43. The molecular weight excluding hydrogens is 662 g/mol. The van der Waals surface area contributed by atoms with Gasteiger partial charge in [0.1, 0.15) is 28.5 Å². The van der Waals surface area contributed by atoms with E-state index in [0.717, 1.165) is 19.3 Å². The van der Waals surface area contributed by atoms with Crippen LogP contribution in [0.1, 0.15) is 103 Å². The van der Waals surface area contributed by atoms with Crippen molar-refractivity contribution in [3.63, 3.8) is 0 Å². The maximum Gasteiger partial charge on any atom is 0.332 e. The molecule has 2 amide bonds. The van der Waals surface area contributed by atoms with Crippen LogP contribution < -0.4 is 10.1 Å². The van der Waals surface area contributed by atoms with E-state index in [1.165, 1.54) is 4.90 Å². The number of hydrogen-bond donors (Lipinski definition) is 2. The van der Waals surface area contributed by atoms with Crippen molar-refractivity contribution in [1.29, 1.82) is 0 Å². The molecule has 0 bridgehead atoms. The second-order valence-electron chi connectivity index (χ2n) is 15.3. The van der Waals surface area contributed by atoms with Crippen LogP contribution in [-0.4, -0.2) is 74.7 Å². The number of fused-ring (bicyclic) bond motifs is 5. The van der Waals surface area contributed by atoms with Gasteiger partial charge in [0.15, 0.2) is 0 Å². The highest BCUT2D eigenvalue weighted by atomic mass is 35.5. The lowest BCUT2D eigenvalue weighted by molar-refractivity contribution is -0.159. The van der Waals surface area contributed by atoms with Gasteiger partial charge in [-0.05, 0) is 66.4 Å². The van der Waals surface area contributed by atoms with Gasteiger partial charge >= 0.3 is 11.9 Å². The molecule has 2 N–H and O–H groups in total. The summed E-state index contributed by atoms with van der Waals surface area (Å²) in [4.78, 5) is 61.7. The van der Waals surface area contributed by atoms with Crippen LogP contribution >= 0.6 is 11.6 Å². The molecular formula is C38H48ClN3O8. The summed E-state index contributed by atoms with van der Waals surface area (Å²) in [6.45, 7) is 9.00. The number of nitrogens with one attached hydrogen (secondary N) is 1. The SMILES string of the molecule is CCOC(=O)[C@@]12C[C@H]1/C=C\CCCCC[C@H](CC(=O)OC(C)(C)C)C(=O)N1C[C@@]3(CC(O)c4c(c(C)nc5c(Cl)cccc45)O3)C[C@H]1C(=O)N2. The maximum atomic E-state index is 14.6. The molecule has 1 saturated heterocycles. The fraction of sp³-hybridized carbons (Fsp3) is 0.605. The van der Waals surface area contributed by atoms with Crippen LogP contribution in [0.5, 0.6) is 5.75 Å². The summed E-state index contributed by atoms with van der Waals surface area (Å²) in [7, 11) is 0. The van der Waals surface area contributed by atoms with Gasteiger partial charge < -0.3 is 29.5 Å². The van der Waals surface area contributed by atoms with Crippen LogP contribution in [0.3, 0.4) is 0 Å². The lowest BCUT2D eigenvalue weighted by atomic mass is 9.85. The van der Waals surface area contributed by atoms with Gasteiger partial charge in [-0.2, -0.15) is 0 Å². The minimum absolute atomic E-state index is 0.00595. The minimum Gasteiger partial charge on any atom is -0.483 e. The molecule has 6 rings (SSSR count). The van der Waals surface area contributed by atoms with E-state index < -0.39 is 52.7 Å². The average Bonchev–Trinajstić information content (AvgIpc) is 3.61. The lowest BCUT2D eigenvalue weighted by Crippen LogP contribution is -2.54. The number of aliphatic hydroxyl groups excluding tert-OH is 1. The molecule has 0 radical (unpaired) electrons. The Kier molecular flexibility index (Phi) is 9.96. The topological polar surface area (TPSA) is 144 Å². The number of para-hydroxylation sites is 1. The van der Waals surface area contributed by atoms with Gasteiger partial charge in [-0.25, -0.2) is 9.78 Å². The molecule has 2 fully saturated rings. The maximum absolute atomic E-state index is 14.6. The Labute approximate surface area is 298 Å². The minimum atomic E-state index is -1.23. The number of benzene rings is 1. The predicted molar refractivity (Wildman–Crippen MR) is 186 cm³/mol. The van der Waals surface area contributed by atoms with Gasteiger partial charge in [0.25, 0.3) is 0 Å². The largest absolute Gasteiger partial charge is 0.483 e. The van der Waals surface area contributed by atoms with Crippen LogP contribution in [-0.2, 0) is 28.7 Å². The third-order valence-electron chi connectivity index (χ3n) is 10.3. The molecule has 2 aromatic rings. The number of hydrogen-bond acceptors (Lipinski definition) is 9. The molecule has 4 aliphatic rings. The number of aryl methyl sites for hydroxylation is 1. The Hall–Kier alpha value is -3.70. The lowest BCUT2D eigenvalue weighted by Gasteiger charge is -2.39. The number of aromatic nitrogens is 1. The molecule has 1 saturated carbocycles. The Balaban J connectivity index is 1.38. The fourth-order valence-corrected chi connectivity index (χ4v) is 8.14. The number of halogens is 1. The molecule has 11 nitrogen and oxygen atoms in total. The summed E-state index contributed by atoms with van der Waals surface area (Å²) >= 11 is 6.47. The van der Waals surface area contributed by atoms with E-state index >= 15 is 0 Å². The fourth-order valence-electron chi connectivity index (χ4n) is 7.92. The molecule has 1 aromatic carbocycles. The molecule has 1 aromatic heterocycles. The number of pyridine rings is 1. The zero-order valence-electron chi connectivity index (χ0n) is 29.6. The third kappa shape index (κ3) is 7.08. The summed E-state index contributed by atoms with van der Waals surface area (Å²) in [5, 5.41) is 15.9. The van der Waals surface area contributed by atoms with Crippen molar-refractivity contribution < 1.29 is 38.5 Å². The summed E-state index contributed by atoms with van der Waals surface area (Å²) in [6, 6.07) is 4.33. The first-order valence-electron chi connectivity index (χ1n) is 17.8. The van der Waals surface area contributed by atoms with Crippen LogP contribution in [0.15, 0.2) is 30.4 Å². The number of rotatable bonds is 4. The quantitative estimate of drug-likeness (QED) is 0.304. The van der Waals surface area contributed by atoms with Crippen molar-refractivity contribution >= 4 is 46.3 Å². The van der Waals surface area contributed by atoms with Gasteiger partial charge in [0.05, 0.1) is 41.9 Å². The van der Waals surface area contributed by atoms with E-state index in [1.54, 1.807) is 46.8 Å². The monoisotopic (exact) mass is 709 g/mol. The number of aliphatic hydroxyl groups is 1. The Morgan fingerprint density at radius 2 is 1.94 bits per heavy atom. The predicted octanol–water partition coefficient (Wildman–Crippen LogP) is 5.66. The van der Waals surface area contributed by atoms with Crippen molar-refractivity contribution in [3.05, 3.63) is 46.6 Å². The summed E-state index contributed by atoms with van der Waals surface area (Å²) in [5.41, 5.74) is -1.46. The highest BCUT2D eigenvalue weighted by Gasteiger charge is 2.63. The molecule has 3 aliphatic heterocycles. The molecule has 1 unspecified atom stereocenters. The van der Waals surface area contributed by atoms with E-state index in [1.807, 2.05) is 18.2 Å². The van der Waals surface area contributed by atoms with Crippen molar-refractivity contribution in [2.45, 2.75) is 121 Å². The number of carbonyl (C=O) groups is 4. The zero-order chi connectivity index (χ0) is 36.0. The van der Waals surface area contributed by atoms with Gasteiger partial charge in [0, 0.05) is 35.6 Å². The Morgan fingerprint density at radius 3 is 2.68 bits per heavy atom. The van der Waals surface area contributed by atoms with Gasteiger partial charge in [-0.15, -0.1) is 0 Å². The standard InChI is InChI=1S/C38H48ClN3O8/c1-6-48-35(47)38-18-24(38)14-11-9-7-8-10-13-23(17-29(44)49-36(3,4)5)34(46)42-21-37(19-27(42)33(45)41-38)20-28(43)30-25-15-12-16-26(39)31(25)40-22(2)32(30)50-37/h11-12,14-16,23-24,27-28,43H,6-10,13,17-21H2,1-5H3,(H,41,45)/b14-11-/t23-,24-,27+,28?,37+,38-/m1/s1. The summed E-state index contributed by atoms with van der Waals surface area (Å²) < 4.78 is 17.8. The Morgan fingerprint density at radius 1 is 1.16 bits per heavy atom. The molecule has 12 heteroatoms. The van der Waals surface area contributed by atoms with Crippen LogP contribution in [0.4, 0.5) is 0 Å². The van der Waals surface area contributed by atoms with Crippen LogP contribution in [0.2, 0.25) is 5.02 Å². The second-order valence-corrected chi connectivity index (χ2v) is 15.7. The summed E-state index contributed by atoms with van der Waals surface area (Å²) in [6.07, 6.45) is 7.11. The van der Waals surface area contributed by atoms with Crippen molar-refractivity contribution in [2.75, 3.05) is 13.2 Å². The highest BCUT2D eigenvalue weighted by molar-refractivity contribution is 6.35. The van der Waals surface area contributed by atoms with E-state index in [2.05, 4.69) is 5.32 Å². The van der Waals surface area contributed by atoms with E-state index in [4.69, 9.17) is 30.8 Å². The number of nitrogens with zero attached hydrogens (tertiary/aromatic N) is 2. The van der Waals surface area contributed by atoms with Crippen LogP contribution in [0.25, 0.3) is 10.9 Å². The normalized spacial score (nSPS) is 30.6. The first-order chi connectivity index (χ1) is 23.7. The number of allylic oxidation sites excluding steroid dienone is 1. The van der Waals surface area contributed by atoms with E-state index in [-0.39, 0.29) is 44.2 Å². The van der Waals surface area contributed by atoms with Crippen molar-refractivity contribution in [1.82, 2.24) is 15.2 Å². The Bertz CT molecular complexity index is 1720. The zero-order valence-corrected chi connectivity index (χ0v) is 30.3. The number of ether oxygens (including phenoxy) is 3. The van der Waals surface area contributed by atoms with Gasteiger partial charge in [0.2, 0.25) is 11.8 Å². The van der Waals surface area contributed by atoms with Crippen molar-refractivity contribution in [2.24, 2.45) is 11.8 Å². The van der Waals surface area contributed by atoms with Gasteiger partial charge in [-0.1, -0.05) is 48.7 Å². The number of esters is 2. The molecule has 6 atom stereocenters. The highest BCUT2D eigenvalue weighted by Crippen LogP contribution is 2.51. The van der Waals surface area contributed by atoms with Gasteiger partial charge in [-0.3, -0.25) is 14.4 Å². The average molecular weight is 710 g/mol. The first-order valence-corrected chi connectivity index (χ1v) is 18.2. The first kappa shape index (κ1) is 36.1. The van der Waals surface area contributed by atoms with Crippen LogP contribution in [0, 0.1) is 18.8 Å². The van der Waals surface area contributed by atoms with E-state index in [9.17, 15) is 24.3 Å². The molecule has 4 heterocycles. The smallest absolute Gasteiger partial charge is 0.332 e. The van der Waals surface area contributed by atoms with Crippen molar-refractivity contribution in [3.8, 4) is 5.75 Å². The second kappa shape index (κ2) is 13.8. The molecule has 50 heavy (non-hydrogen) atoms. The third-order valence-corrected chi connectivity index (χ3v) is 10.6.